The lowest BCUT2D eigenvalue weighted by Crippen LogP contribution is -2.42. The number of para-hydroxylation sites is 1. The highest BCUT2D eigenvalue weighted by Crippen LogP contribution is 2.35. The Hall–Kier alpha value is -3.11. The van der Waals surface area contributed by atoms with Crippen molar-refractivity contribution in [3.8, 4) is 21.9 Å². The number of thioether (sulfide) groups is 1. The molecule has 2 amide bonds. The number of rotatable bonds is 5. The lowest BCUT2D eigenvalue weighted by atomic mass is 10.1. The average Bonchev–Trinajstić information content (AvgIpc) is 3.50. The molecule has 35 heavy (non-hydrogen) atoms. The van der Waals surface area contributed by atoms with E-state index >= 15 is 0 Å². The molecule has 182 valence electrons. The molecule has 1 aromatic heterocycles. The normalized spacial score (nSPS) is 16.9. The van der Waals surface area contributed by atoms with Crippen molar-refractivity contribution in [1.29, 1.82) is 0 Å². The molecule has 0 aliphatic carbocycles. The zero-order valence-electron chi connectivity index (χ0n) is 19.3. The molecule has 3 heterocycles. The van der Waals surface area contributed by atoms with E-state index in [1.807, 2.05) is 13.0 Å². The molecular formula is C25H24FN3O4S2. The molecule has 1 atom stereocenters. The summed E-state index contributed by atoms with van der Waals surface area (Å²) in [6, 6.07) is 10.2. The molecule has 2 aliphatic heterocycles. The number of ether oxygens (including phenoxy) is 2. The van der Waals surface area contributed by atoms with E-state index in [9.17, 15) is 14.0 Å². The van der Waals surface area contributed by atoms with E-state index < -0.39 is 0 Å². The second kappa shape index (κ2) is 9.87. The number of amides is 2. The van der Waals surface area contributed by atoms with Crippen LogP contribution in [0.25, 0.3) is 10.4 Å². The summed E-state index contributed by atoms with van der Waals surface area (Å²) in [7, 11) is 0. The maximum Gasteiger partial charge on any atom is 0.274 e. The number of hydrogen-bond donors (Lipinski definition) is 1. The van der Waals surface area contributed by atoms with Crippen LogP contribution in [-0.2, 0) is 0 Å². The van der Waals surface area contributed by atoms with Crippen LogP contribution in [0.4, 0.5) is 4.39 Å². The van der Waals surface area contributed by atoms with Crippen LogP contribution in [0.15, 0.2) is 36.4 Å². The van der Waals surface area contributed by atoms with Gasteiger partial charge in [-0.05, 0) is 43.2 Å². The van der Waals surface area contributed by atoms with E-state index in [4.69, 9.17) is 9.47 Å². The zero-order chi connectivity index (χ0) is 24.5. The van der Waals surface area contributed by atoms with Crippen LogP contribution in [0, 0.1) is 19.7 Å². The first-order valence-corrected chi connectivity index (χ1v) is 13.1. The lowest BCUT2D eigenvalue weighted by Gasteiger charge is -2.24. The van der Waals surface area contributed by atoms with Crippen molar-refractivity contribution in [3.63, 3.8) is 0 Å². The third-order valence-corrected chi connectivity index (χ3v) is 8.11. The highest BCUT2D eigenvalue weighted by atomic mass is 32.2. The molecule has 0 saturated carbocycles. The molecule has 0 bridgehead atoms. The van der Waals surface area contributed by atoms with Gasteiger partial charge in [0.1, 0.15) is 24.7 Å². The number of carbonyl (C=O) groups is 2. The van der Waals surface area contributed by atoms with E-state index in [0.29, 0.717) is 58.5 Å². The monoisotopic (exact) mass is 513 g/mol. The van der Waals surface area contributed by atoms with Crippen molar-refractivity contribution >= 4 is 34.9 Å². The smallest absolute Gasteiger partial charge is 0.274 e. The Balaban J connectivity index is 1.32. The highest BCUT2D eigenvalue weighted by Gasteiger charge is 2.33. The fourth-order valence-electron chi connectivity index (χ4n) is 4.09. The van der Waals surface area contributed by atoms with Gasteiger partial charge in [-0.25, -0.2) is 9.37 Å². The Bertz CT molecular complexity index is 1300. The van der Waals surface area contributed by atoms with Gasteiger partial charge in [0.05, 0.1) is 20.8 Å². The van der Waals surface area contributed by atoms with E-state index in [2.05, 4.69) is 10.3 Å². The number of aromatic nitrogens is 1. The zero-order valence-corrected chi connectivity index (χ0v) is 20.9. The SMILES string of the molecule is Cc1nc(C(=O)N2CCSC2CNC(=O)c2cccc3c2OCCO3)c(-c2ccc(C)c(F)c2)s1. The molecule has 1 fully saturated rings. The summed E-state index contributed by atoms with van der Waals surface area (Å²) in [5, 5.41) is 3.43. The lowest BCUT2D eigenvalue weighted by molar-refractivity contribution is 0.0746. The van der Waals surface area contributed by atoms with Crippen molar-refractivity contribution < 1.29 is 23.5 Å². The minimum absolute atomic E-state index is 0.219. The van der Waals surface area contributed by atoms with Crippen molar-refractivity contribution in [2.24, 2.45) is 0 Å². The topological polar surface area (TPSA) is 80.8 Å². The molecule has 0 spiro atoms. The summed E-state index contributed by atoms with van der Waals surface area (Å²) < 4.78 is 25.4. The van der Waals surface area contributed by atoms with Gasteiger partial charge in [-0.15, -0.1) is 23.1 Å². The Morgan fingerprint density at radius 2 is 2.03 bits per heavy atom. The van der Waals surface area contributed by atoms with Crippen LogP contribution < -0.4 is 14.8 Å². The predicted octanol–water partition coefficient (Wildman–Crippen LogP) is 4.28. The van der Waals surface area contributed by atoms with Crippen LogP contribution in [0.2, 0.25) is 0 Å². The van der Waals surface area contributed by atoms with Gasteiger partial charge in [-0.2, -0.15) is 0 Å². The van der Waals surface area contributed by atoms with Gasteiger partial charge in [0.2, 0.25) is 0 Å². The van der Waals surface area contributed by atoms with Gasteiger partial charge in [0, 0.05) is 18.8 Å². The van der Waals surface area contributed by atoms with Gasteiger partial charge in [-0.1, -0.05) is 18.2 Å². The molecule has 7 nitrogen and oxygen atoms in total. The second-order valence-corrected chi connectivity index (χ2v) is 10.7. The van der Waals surface area contributed by atoms with Gasteiger partial charge in [-0.3, -0.25) is 9.59 Å². The Morgan fingerprint density at radius 1 is 1.20 bits per heavy atom. The summed E-state index contributed by atoms with van der Waals surface area (Å²) in [4.78, 5) is 33.3. The Kier molecular flexibility index (Phi) is 6.66. The van der Waals surface area contributed by atoms with Crippen molar-refractivity contribution in [2.75, 3.05) is 32.1 Å². The number of halogens is 1. The standard InChI is InChI=1S/C25H24FN3O4S2/c1-14-6-7-16(12-18(14)26)23-21(28-15(2)35-23)25(31)29-8-11-34-20(29)13-27-24(30)17-4-3-5-19-22(17)33-10-9-32-19/h3-7,12,20H,8-11,13H2,1-2H3,(H,27,30). The summed E-state index contributed by atoms with van der Waals surface area (Å²) in [5.74, 6) is 0.922. The van der Waals surface area contributed by atoms with Gasteiger partial charge < -0.3 is 19.7 Å². The summed E-state index contributed by atoms with van der Waals surface area (Å²) in [6.45, 7) is 5.18. The highest BCUT2D eigenvalue weighted by molar-refractivity contribution is 8.00. The summed E-state index contributed by atoms with van der Waals surface area (Å²) in [5.41, 5.74) is 1.90. The fourth-order valence-corrected chi connectivity index (χ4v) is 6.15. The van der Waals surface area contributed by atoms with Crippen molar-refractivity contribution in [1.82, 2.24) is 15.2 Å². The summed E-state index contributed by atoms with van der Waals surface area (Å²) in [6.07, 6.45) is 0. The fraction of sp³-hybridized carbons (Fsp3) is 0.320. The molecule has 1 unspecified atom stereocenters. The predicted molar refractivity (Wildman–Crippen MR) is 134 cm³/mol. The third-order valence-electron chi connectivity index (χ3n) is 5.87. The first-order chi connectivity index (χ1) is 16.9. The van der Waals surface area contributed by atoms with Gasteiger partial charge in [0.15, 0.2) is 11.5 Å². The molecule has 5 rings (SSSR count). The number of fused-ring (bicyclic) bond motifs is 1. The first-order valence-electron chi connectivity index (χ1n) is 11.3. The van der Waals surface area contributed by atoms with Crippen LogP contribution in [0.1, 0.15) is 31.4 Å². The average molecular weight is 514 g/mol. The van der Waals surface area contributed by atoms with E-state index in [0.717, 1.165) is 10.8 Å². The van der Waals surface area contributed by atoms with Crippen molar-refractivity contribution in [3.05, 3.63) is 64.0 Å². The van der Waals surface area contributed by atoms with Crippen LogP contribution in [0.5, 0.6) is 11.5 Å². The molecule has 10 heteroatoms. The Morgan fingerprint density at radius 3 is 2.86 bits per heavy atom. The maximum atomic E-state index is 14.2. The van der Waals surface area contributed by atoms with E-state index in [1.54, 1.807) is 47.9 Å². The summed E-state index contributed by atoms with van der Waals surface area (Å²) >= 11 is 2.97. The number of aryl methyl sites for hydroxylation is 2. The first kappa shape index (κ1) is 23.6. The molecule has 1 saturated heterocycles. The molecule has 1 N–H and O–H groups in total. The van der Waals surface area contributed by atoms with Crippen molar-refractivity contribution in [2.45, 2.75) is 19.2 Å². The second-order valence-electron chi connectivity index (χ2n) is 8.24. The molecular weight excluding hydrogens is 489 g/mol. The quantitative estimate of drug-likeness (QED) is 0.549. The minimum atomic E-state index is -0.318. The Labute approximate surface area is 210 Å². The number of carbonyl (C=O) groups excluding carboxylic acids is 2. The van der Waals surface area contributed by atoms with E-state index in [-0.39, 0.29) is 29.6 Å². The van der Waals surface area contributed by atoms with Gasteiger partial charge >= 0.3 is 0 Å². The molecule has 2 aromatic carbocycles. The number of benzene rings is 2. The van der Waals surface area contributed by atoms with Crippen LogP contribution in [-0.4, -0.2) is 59.1 Å². The van der Waals surface area contributed by atoms with Gasteiger partial charge in [0.25, 0.3) is 11.8 Å². The maximum absolute atomic E-state index is 14.2. The number of hydrogen-bond acceptors (Lipinski definition) is 7. The molecule has 0 radical (unpaired) electrons. The number of nitrogens with zero attached hydrogens (tertiary/aromatic N) is 2. The van der Waals surface area contributed by atoms with Crippen LogP contribution >= 0.6 is 23.1 Å². The minimum Gasteiger partial charge on any atom is -0.486 e. The number of thiazole rings is 1. The molecule has 2 aliphatic rings. The molecule has 3 aromatic rings. The largest absolute Gasteiger partial charge is 0.486 e. The van der Waals surface area contributed by atoms with E-state index in [1.165, 1.54) is 17.4 Å². The van der Waals surface area contributed by atoms with Crippen LogP contribution in [0.3, 0.4) is 0 Å². The number of nitrogens with one attached hydrogen (secondary N) is 1. The third kappa shape index (κ3) is 4.72.